The maximum atomic E-state index is 13.0. The maximum Gasteiger partial charge on any atom is 0.123 e. The highest BCUT2D eigenvalue weighted by atomic mass is 35.5. The van der Waals surface area contributed by atoms with E-state index >= 15 is 0 Å². The lowest BCUT2D eigenvalue weighted by molar-refractivity contribution is 0.164. The van der Waals surface area contributed by atoms with Crippen LogP contribution in [0.15, 0.2) is 18.2 Å². The highest BCUT2D eigenvalue weighted by Gasteiger charge is 2.09. The molecule has 0 amide bonds. The first-order chi connectivity index (χ1) is 7.63. The lowest BCUT2D eigenvalue weighted by Crippen LogP contribution is -2.11. The van der Waals surface area contributed by atoms with Gasteiger partial charge in [0.1, 0.15) is 5.82 Å². The summed E-state index contributed by atoms with van der Waals surface area (Å²) in [5.74, 6) is 0.726. The van der Waals surface area contributed by atoms with Crippen molar-refractivity contribution in [1.29, 1.82) is 0 Å². The summed E-state index contributed by atoms with van der Waals surface area (Å²) in [6.07, 6.45) is 3.72. The lowest BCUT2D eigenvalue weighted by atomic mass is 10.0. The van der Waals surface area contributed by atoms with E-state index in [0.29, 0.717) is 17.0 Å². The van der Waals surface area contributed by atoms with Gasteiger partial charge in [0, 0.05) is 5.02 Å². The van der Waals surface area contributed by atoms with Crippen LogP contribution in [0, 0.1) is 5.82 Å². The fourth-order valence-corrected chi connectivity index (χ4v) is 2.17. The van der Waals surface area contributed by atoms with Crippen LogP contribution in [0.2, 0.25) is 5.02 Å². The number of hydrogen-bond donors (Lipinski definition) is 1. The average Bonchev–Trinajstić information content (AvgIpc) is 2.24. The second-order valence-electron chi connectivity index (χ2n) is 3.73. The van der Waals surface area contributed by atoms with Crippen LogP contribution in [0.4, 0.5) is 4.39 Å². The van der Waals surface area contributed by atoms with Gasteiger partial charge in [0.15, 0.2) is 0 Å². The van der Waals surface area contributed by atoms with Gasteiger partial charge in [0.05, 0.1) is 6.10 Å². The van der Waals surface area contributed by atoms with Gasteiger partial charge in [-0.2, -0.15) is 11.8 Å². The Morgan fingerprint density at radius 2 is 2.25 bits per heavy atom. The fraction of sp³-hybridized carbons (Fsp3) is 0.500. The van der Waals surface area contributed by atoms with Crippen LogP contribution in [0.1, 0.15) is 18.4 Å². The van der Waals surface area contributed by atoms with E-state index in [4.69, 9.17) is 11.6 Å². The van der Waals surface area contributed by atoms with Crippen molar-refractivity contribution in [1.82, 2.24) is 0 Å². The Labute approximate surface area is 105 Å². The molecule has 0 aliphatic carbocycles. The number of halogens is 2. The van der Waals surface area contributed by atoms with Crippen LogP contribution in [-0.2, 0) is 6.42 Å². The number of aliphatic hydroxyl groups excluding tert-OH is 1. The molecule has 1 aromatic rings. The zero-order valence-electron chi connectivity index (χ0n) is 9.25. The first kappa shape index (κ1) is 13.8. The van der Waals surface area contributed by atoms with Crippen LogP contribution in [0.5, 0.6) is 0 Å². The first-order valence-electron chi connectivity index (χ1n) is 5.24. The average molecular weight is 263 g/mol. The van der Waals surface area contributed by atoms with Crippen LogP contribution < -0.4 is 0 Å². The van der Waals surface area contributed by atoms with E-state index in [1.165, 1.54) is 18.2 Å². The van der Waals surface area contributed by atoms with E-state index in [2.05, 4.69) is 0 Å². The monoisotopic (exact) mass is 262 g/mol. The van der Waals surface area contributed by atoms with Gasteiger partial charge in [-0.1, -0.05) is 11.6 Å². The van der Waals surface area contributed by atoms with E-state index < -0.39 is 6.10 Å². The molecule has 0 aliphatic rings. The molecule has 0 radical (unpaired) electrons. The Bertz CT molecular complexity index is 333. The third-order valence-corrected chi connectivity index (χ3v) is 3.41. The molecule has 0 saturated heterocycles. The maximum absolute atomic E-state index is 13.0. The molecule has 0 aliphatic heterocycles. The summed E-state index contributed by atoms with van der Waals surface area (Å²) in [6.45, 7) is 0. The van der Waals surface area contributed by atoms with Crippen molar-refractivity contribution in [3.05, 3.63) is 34.6 Å². The third-order valence-electron chi connectivity index (χ3n) is 2.35. The van der Waals surface area contributed by atoms with Crippen LogP contribution in [0.25, 0.3) is 0 Å². The summed E-state index contributed by atoms with van der Waals surface area (Å²) in [4.78, 5) is 0. The quantitative estimate of drug-likeness (QED) is 0.792. The molecule has 0 bridgehead atoms. The zero-order valence-corrected chi connectivity index (χ0v) is 10.8. The van der Waals surface area contributed by atoms with Gasteiger partial charge >= 0.3 is 0 Å². The van der Waals surface area contributed by atoms with Gasteiger partial charge in [-0.3, -0.25) is 0 Å². The molecule has 16 heavy (non-hydrogen) atoms. The molecule has 1 unspecified atom stereocenters. The topological polar surface area (TPSA) is 20.2 Å². The summed E-state index contributed by atoms with van der Waals surface area (Å²) in [7, 11) is 0. The molecule has 4 heteroatoms. The summed E-state index contributed by atoms with van der Waals surface area (Å²) in [6, 6.07) is 4.24. The van der Waals surface area contributed by atoms with Crippen molar-refractivity contribution in [2.45, 2.75) is 25.4 Å². The zero-order chi connectivity index (χ0) is 12.0. The molecule has 1 aromatic carbocycles. The van der Waals surface area contributed by atoms with Gasteiger partial charge in [-0.25, -0.2) is 4.39 Å². The van der Waals surface area contributed by atoms with Crippen molar-refractivity contribution in [2.75, 3.05) is 12.0 Å². The highest BCUT2D eigenvalue weighted by molar-refractivity contribution is 7.98. The second kappa shape index (κ2) is 7.15. The van der Waals surface area contributed by atoms with Crippen molar-refractivity contribution in [3.63, 3.8) is 0 Å². The first-order valence-corrected chi connectivity index (χ1v) is 7.01. The number of rotatable bonds is 6. The predicted molar refractivity (Wildman–Crippen MR) is 68.7 cm³/mol. The van der Waals surface area contributed by atoms with Gasteiger partial charge in [0.25, 0.3) is 0 Å². The van der Waals surface area contributed by atoms with E-state index in [-0.39, 0.29) is 5.82 Å². The molecule has 1 atom stereocenters. The van der Waals surface area contributed by atoms with E-state index in [1.807, 2.05) is 6.26 Å². The molecular weight excluding hydrogens is 247 g/mol. The minimum Gasteiger partial charge on any atom is -0.393 e. The van der Waals surface area contributed by atoms with Crippen LogP contribution >= 0.6 is 23.4 Å². The predicted octanol–water partition coefficient (Wildman–Crippen LogP) is 3.53. The van der Waals surface area contributed by atoms with E-state index in [1.54, 1.807) is 11.8 Å². The highest BCUT2D eigenvalue weighted by Crippen LogP contribution is 2.20. The summed E-state index contributed by atoms with van der Waals surface area (Å²) in [5, 5.41) is 10.3. The molecule has 0 aromatic heterocycles. The normalized spacial score (nSPS) is 12.8. The molecule has 0 saturated carbocycles. The number of hydrogen-bond acceptors (Lipinski definition) is 2. The summed E-state index contributed by atoms with van der Waals surface area (Å²) in [5.41, 5.74) is 0.679. The minimum atomic E-state index is -0.438. The standard InChI is InChI=1S/C12H16ClFOS/c1-16-6-2-3-11(15)8-9-7-10(14)4-5-12(9)13/h4-5,7,11,15H,2-3,6,8H2,1H3. The fourth-order valence-electron chi connectivity index (χ4n) is 1.52. The van der Waals surface area contributed by atoms with Crippen molar-refractivity contribution >= 4 is 23.4 Å². The summed E-state index contributed by atoms with van der Waals surface area (Å²) >= 11 is 7.68. The van der Waals surface area contributed by atoms with Gasteiger partial charge in [-0.15, -0.1) is 0 Å². The van der Waals surface area contributed by atoms with E-state index in [0.717, 1.165) is 18.6 Å². The van der Waals surface area contributed by atoms with Gasteiger partial charge < -0.3 is 5.11 Å². The molecule has 0 spiro atoms. The van der Waals surface area contributed by atoms with Crippen molar-refractivity contribution < 1.29 is 9.50 Å². The molecule has 90 valence electrons. The van der Waals surface area contributed by atoms with Crippen molar-refractivity contribution in [2.24, 2.45) is 0 Å². The Kier molecular flexibility index (Phi) is 6.17. The lowest BCUT2D eigenvalue weighted by Gasteiger charge is -2.11. The third kappa shape index (κ3) is 4.73. The molecule has 1 N–H and O–H groups in total. The molecule has 1 nitrogen and oxygen atoms in total. The van der Waals surface area contributed by atoms with Gasteiger partial charge in [-0.05, 0) is 55.0 Å². The SMILES string of the molecule is CSCCCC(O)Cc1cc(F)ccc1Cl. The Morgan fingerprint density at radius 1 is 1.50 bits per heavy atom. The molecule has 0 heterocycles. The van der Waals surface area contributed by atoms with E-state index in [9.17, 15) is 9.50 Å². The largest absolute Gasteiger partial charge is 0.393 e. The molecule has 0 fully saturated rings. The minimum absolute atomic E-state index is 0.310. The summed E-state index contributed by atoms with van der Waals surface area (Å²) < 4.78 is 13.0. The molecular formula is C12H16ClFOS. The smallest absolute Gasteiger partial charge is 0.123 e. The number of aliphatic hydroxyl groups is 1. The Balaban J connectivity index is 2.48. The second-order valence-corrected chi connectivity index (χ2v) is 5.12. The van der Waals surface area contributed by atoms with Gasteiger partial charge in [0.2, 0.25) is 0 Å². The Hall–Kier alpha value is -0.250. The Morgan fingerprint density at radius 3 is 2.94 bits per heavy atom. The van der Waals surface area contributed by atoms with Crippen molar-refractivity contribution in [3.8, 4) is 0 Å². The number of thioether (sulfide) groups is 1. The van der Waals surface area contributed by atoms with Crippen LogP contribution in [-0.4, -0.2) is 23.2 Å². The number of benzene rings is 1. The molecule has 1 rings (SSSR count). The van der Waals surface area contributed by atoms with Crippen LogP contribution in [0.3, 0.4) is 0 Å².